The summed E-state index contributed by atoms with van der Waals surface area (Å²) < 4.78 is 56.1. The number of aromatic nitrogens is 3. The molecule has 0 amide bonds. The lowest BCUT2D eigenvalue weighted by atomic mass is 10.1. The van der Waals surface area contributed by atoms with Crippen molar-refractivity contribution in [3.63, 3.8) is 0 Å². The highest BCUT2D eigenvalue weighted by molar-refractivity contribution is 6.86. The summed E-state index contributed by atoms with van der Waals surface area (Å²) in [6, 6.07) is 17.3. The third-order valence-corrected chi connectivity index (χ3v) is 27.4. The summed E-state index contributed by atoms with van der Waals surface area (Å²) in [6.07, 6.45) is 0. The minimum Gasteiger partial charge on any atom is -0.507 e. The van der Waals surface area contributed by atoms with Crippen molar-refractivity contribution in [1.82, 2.24) is 15.0 Å². The maximum Gasteiger partial charge on any atom is 0.322 e. The first-order valence-electron chi connectivity index (χ1n) is 21.8. The van der Waals surface area contributed by atoms with Crippen LogP contribution in [0.2, 0.25) is 91.7 Å². The van der Waals surface area contributed by atoms with Gasteiger partial charge in [0, 0.05) is 36.7 Å². The minimum atomic E-state index is -2.47. The fourth-order valence-electron chi connectivity index (χ4n) is 7.08. The van der Waals surface area contributed by atoms with Gasteiger partial charge in [0.2, 0.25) is 0 Å². The van der Waals surface area contributed by atoms with E-state index >= 15 is 0 Å². The fraction of sp³-hybridized carbons (Fsp3) is 0.523. The van der Waals surface area contributed by atoms with Crippen LogP contribution in [0, 0.1) is 11.8 Å². The van der Waals surface area contributed by atoms with E-state index in [-0.39, 0.29) is 35.0 Å². The highest BCUT2D eigenvalue weighted by Gasteiger charge is 2.41. The first-order chi connectivity index (χ1) is 29.4. The summed E-state index contributed by atoms with van der Waals surface area (Å²) in [6.45, 7) is 35.2. The van der Waals surface area contributed by atoms with Gasteiger partial charge in [-0.05, 0) is 146 Å². The predicted octanol–water partition coefficient (Wildman–Crippen LogP) is 10.9. The maximum atomic E-state index is 11.4. The molecule has 1 heterocycles. The number of nitrogens with zero attached hydrogens (tertiary/aromatic N) is 3. The Morgan fingerprint density at radius 1 is 0.453 bits per heavy atom. The van der Waals surface area contributed by atoms with Gasteiger partial charge in [-0.2, -0.15) is 0 Å². The van der Waals surface area contributed by atoms with Crippen LogP contribution in [0.5, 0.6) is 28.7 Å². The largest absolute Gasteiger partial charge is 0.507 e. The van der Waals surface area contributed by atoms with Crippen molar-refractivity contribution in [3.05, 3.63) is 60.7 Å². The summed E-state index contributed by atoms with van der Waals surface area (Å²) in [5.41, 5.74) is 1.37. The number of aromatic hydroxyl groups is 2. The third-order valence-electron chi connectivity index (χ3n) is 8.99. The second-order valence-electron chi connectivity index (χ2n) is 20.1. The van der Waals surface area contributed by atoms with Crippen LogP contribution in [0.3, 0.4) is 0 Å². The van der Waals surface area contributed by atoms with Crippen LogP contribution in [0.1, 0.15) is 13.8 Å². The van der Waals surface area contributed by atoms with Crippen molar-refractivity contribution >= 4 is 50.9 Å². The Bertz CT molecular complexity index is 2150. The predicted molar refractivity (Wildman–Crippen MR) is 268 cm³/mol. The van der Waals surface area contributed by atoms with Gasteiger partial charge < -0.3 is 49.7 Å². The smallest absolute Gasteiger partial charge is 0.322 e. The molecule has 0 saturated heterocycles. The van der Waals surface area contributed by atoms with Crippen LogP contribution in [-0.4, -0.2) is 110 Å². The molecule has 4 aromatic rings. The number of methoxy groups -OCH3 is 1. The zero-order chi connectivity index (χ0) is 47.9. The molecule has 0 aliphatic rings. The topological polar surface area (TPSA) is 162 Å². The Morgan fingerprint density at radius 3 is 1.33 bits per heavy atom. The molecule has 2 N–H and O–H groups in total. The number of benzene rings is 3. The van der Waals surface area contributed by atoms with Gasteiger partial charge in [0.05, 0.1) is 31.5 Å². The average molecular weight is 989 g/mol. The van der Waals surface area contributed by atoms with Crippen molar-refractivity contribution in [2.75, 3.05) is 33.5 Å². The second kappa shape index (κ2) is 21.6. The van der Waals surface area contributed by atoms with E-state index in [0.717, 1.165) is 0 Å². The zero-order valence-electron chi connectivity index (χ0n) is 41.2. The van der Waals surface area contributed by atoms with E-state index in [1.54, 1.807) is 43.5 Å². The molecule has 1 aromatic heterocycles. The summed E-state index contributed by atoms with van der Waals surface area (Å²) >= 11 is 0. The van der Waals surface area contributed by atoms with Gasteiger partial charge in [0.15, 0.2) is 34.1 Å². The number of rotatable bonds is 24. The van der Waals surface area contributed by atoms with Gasteiger partial charge in [-0.25, -0.2) is 15.0 Å². The van der Waals surface area contributed by atoms with Gasteiger partial charge in [0.25, 0.3) is 0 Å². The van der Waals surface area contributed by atoms with Gasteiger partial charge in [0.1, 0.15) is 28.7 Å². The Morgan fingerprint density at radius 2 is 0.875 bits per heavy atom. The van der Waals surface area contributed by atoms with Gasteiger partial charge >= 0.3 is 34.2 Å². The lowest BCUT2D eigenvalue weighted by Crippen LogP contribution is -2.53. The number of hydrogen-bond acceptors (Lipinski definition) is 14. The van der Waals surface area contributed by atoms with Crippen LogP contribution in [-0.2, 0) is 25.3 Å². The van der Waals surface area contributed by atoms with Crippen LogP contribution >= 0.6 is 0 Å². The van der Waals surface area contributed by atoms with E-state index < -0.39 is 50.9 Å². The highest BCUT2D eigenvalue weighted by Crippen LogP contribution is 2.36. The fourth-order valence-corrected chi connectivity index (χ4v) is 31.3. The van der Waals surface area contributed by atoms with Crippen molar-refractivity contribution in [2.24, 2.45) is 11.8 Å². The quantitative estimate of drug-likeness (QED) is 0.0638. The molecule has 14 nitrogen and oxygen atoms in total. The van der Waals surface area contributed by atoms with Crippen molar-refractivity contribution in [1.29, 1.82) is 0 Å². The molecule has 0 bridgehead atoms. The Kier molecular flexibility index (Phi) is 18.0. The number of phenols is 2. The van der Waals surface area contributed by atoms with E-state index in [0.29, 0.717) is 66.2 Å². The third kappa shape index (κ3) is 17.8. The van der Waals surface area contributed by atoms with Crippen LogP contribution < -0.4 is 14.2 Å². The molecule has 0 fully saturated rings. The number of ether oxygens (including phenoxy) is 3. The van der Waals surface area contributed by atoms with Crippen LogP contribution in [0.25, 0.3) is 34.2 Å². The molecule has 2 atom stereocenters. The molecule has 4 rings (SSSR count). The lowest BCUT2D eigenvalue weighted by molar-refractivity contribution is 0.157. The second-order valence-corrected chi connectivity index (χ2v) is 43.6. The summed E-state index contributed by atoms with van der Waals surface area (Å²) in [5.74, 6) is 2.33. The Hall–Kier alpha value is -3.27. The van der Waals surface area contributed by atoms with Crippen LogP contribution in [0.15, 0.2) is 60.7 Å². The van der Waals surface area contributed by atoms with Crippen molar-refractivity contribution < 1.29 is 49.7 Å². The molecule has 0 radical (unpaired) electrons. The van der Waals surface area contributed by atoms with Crippen molar-refractivity contribution in [3.8, 4) is 62.9 Å². The first-order valence-corrected chi connectivity index (χ1v) is 39.9. The van der Waals surface area contributed by atoms with E-state index in [1.807, 2.05) is 57.4 Å². The molecule has 0 aliphatic carbocycles. The highest BCUT2D eigenvalue weighted by atomic mass is 28.5. The standard InChI is InChI=1S/C44H73N3O11Si6/c1-32(30-53-61(10,11)57-63(14,15)55-59(4,5)6)28-51-36-23-25-40(48)39(26-36)44-46-42(34-18-20-35(50-3)21-19-34)45-43(47-44)38-24-22-37(27-41(38)49)52-29-33(2)31-54-62(12,13)58-64(16,17)56-60(7,8)9/h18-27,32-33,48-49H,28-31H2,1-17H3. The van der Waals surface area contributed by atoms with E-state index in [2.05, 4.69) is 72.4 Å². The first kappa shape index (κ1) is 53.3. The minimum absolute atomic E-state index is 0.0367. The molecular weight excluding hydrogens is 915 g/mol. The van der Waals surface area contributed by atoms with Gasteiger partial charge in [-0.1, -0.05) is 13.8 Å². The van der Waals surface area contributed by atoms with E-state index in [1.165, 1.54) is 0 Å². The molecule has 2 unspecified atom stereocenters. The molecule has 0 saturated carbocycles. The lowest BCUT2D eigenvalue weighted by Gasteiger charge is -2.37. The molecular formula is C44H73N3O11Si6. The number of phenolic OH excluding ortho intramolecular Hbond substituents is 2. The summed E-state index contributed by atoms with van der Waals surface area (Å²) in [7, 11) is -11.5. The summed E-state index contributed by atoms with van der Waals surface area (Å²) in [5, 5.41) is 22.6. The summed E-state index contributed by atoms with van der Waals surface area (Å²) in [4.78, 5) is 14.3. The van der Waals surface area contributed by atoms with Gasteiger partial charge in [-0.15, -0.1) is 0 Å². The molecule has 354 valence electrons. The maximum absolute atomic E-state index is 11.4. The average Bonchev–Trinajstić information content (AvgIpc) is 3.15. The monoisotopic (exact) mass is 987 g/mol. The normalized spacial score (nSPS) is 14.0. The zero-order valence-corrected chi connectivity index (χ0v) is 47.2. The van der Waals surface area contributed by atoms with Crippen molar-refractivity contribution in [2.45, 2.75) is 106 Å². The molecule has 64 heavy (non-hydrogen) atoms. The van der Waals surface area contributed by atoms with Gasteiger partial charge in [-0.3, -0.25) is 0 Å². The SMILES string of the molecule is COc1ccc(-c2nc(-c3ccc(OCC(C)CO[Si](C)(C)O[Si](C)(C)O[Si](C)(C)C)cc3O)nc(-c3cc(OCC(C)CO[Si](C)(C)O[Si](C)(C)O[Si](C)(C)C)ccc3O)n2)cc1. The van der Waals surface area contributed by atoms with E-state index in [4.69, 9.17) is 54.5 Å². The molecule has 0 spiro atoms. The number of hydrogen-bond donors (Lipinski definition) is 2. The Balaban J connectivity index is 1.51. The molecule has 3 aromatic carbocycles. The molecule has 20 heteroatoms. The van der Waals surface area contributed by atoms with Crippen LogP contribution in [0.4, 0.5) is 0 Å². The van der Waals surface area contributed by atoms with E-state index in [9.17, 15) is 10.2 Å². The Labute approximate surface area is 388 Å². The molecule has 0 aliphatic heterocycles.